The van der Waals surface area contributed by atoms with Crippen molar-refractivity contribution >= 4 is 11.8 Å². The number of carbonyl (C=O) groups is 2. The van der Waals surface area contributed by atoms with Crippen molar-refractivity contribution in [1.29, 1.82) is 0 Å². The summed E-state index contributed by atoms with van der Waals surface area (Å²) < 4.78 is 0. The van der Waals surface area contributed by atoms with Crippen LogP contribution in [0.4, 0.5) is 0 Å². The van der Waals surface area contributed by atoms with Gasteiger partial charge in [-0.2, -0.15) is 0 Å². The van der Waals surface area contributed by atoms with Crippen LogP contribution in [0.1, 0.15) is 57.4 Å². The number of hydrogen-bond acceptors (Lipinski definition) is 4. The molecule has 4 atom stereocenters. The molecule has 2 aliphatic heterocycles. The van der Waals surface area contributed by atoms with Crippen molar-refractivity contribution in [3.63, 3.8) is 0 Å². The van der Waals surface area contributed by atoms with Gasteiger partial charge in [-0.25, -0.2) is 0 Å². The summed E-state index contributed by atoms with van der Waals surface area (Å²) in [5.41, 5.74) is 1.37. The molecular formula is C27H42N4O2. The summed E-state index contributed by atoms with van der Waals surface area (Å²) in [7, 11) is 1.79. The molecule has 1 aromatic rings. The van der Waals surface area contributed by atoms with E-state index in [2.05, 4.69) is 50.8 Å². The summed E-state index contributed by atoms with van der Waals surface area (Å²) in [4.78, 5) is 31.3. The zero-order chi connectivity index (χ0) is 23.2. The second-order valence-corrected chi connectivity index (χ2v) is 10.4. The summed E-state index contributed by atoms with van der Waals surface area (Å²) >= 11 is 0. The molecule has 3 fully saturated rings. The second-order valence-electron chi connectivity index (χ2n) is 10.4. The van der Waals surface area contributed by atoms with Crippen LogP contribution in [0.5, 0.6) is 0 Å². The Labute approximate surface area is 199 Å². The Morgan fingerprint density at radius 3 is 2.48 bits per heavy atom. The lowest BCUT2D eigenvalue weighted by Gasteiger charge is -2.41. The van der Waals surface area contributed by atoms with Crippen molar-refractivity contribution < 1.29 is 9.59 Å². The average Bonchev–Trinajstić information content (AvgIpc) is 3.29. The summed E-state index contributed by atoms with van der Waals surface area (Å²) in [5, 5.41) is 6.18. The third-order valence-electron chi connectivity index (χ3n) is 8.30. The Kier molecular flexibility index (Phi) is 8.42. The number of likely N-dealkylation sites (tertiary alicyclic amines) is 2. The molecule has 3 aliphatic rings. The molecule has 2 heterocycles. The molecule has 182 valence electrons. The van der Waals surface area contributed by atoms with Gasteiger partial charge in [0.15, 0.2) is 0 Å². The standard InChI is InChI=1S/C27H42N4O2/c1-20(28-2)26(32)29-25(23-11-7-4-8-12-23)27(33)31-18-15-22-14-17-30(19-24(22)31)16-13-21-9-5-3-6-10-21/h3,5-6,9-10,20,22-25,28H,4,7-8,11-19H2,1-2H3,(H,29,32)/t20-,22+,24?,25-/m0/s1. The largest absolute Gasteiger partial charge is 0.343 e. The molecule has 2 saturated heterocycles. The number of benzene rings is 1. The van der Waals surface area contributed by atoms with Gasteiger partial charge < -0.3 is 20.4 Å². The highest BCUT2D eigenvalue weighted by atomic mass is 16.2. The third-order valence-corrected chi connectivity index (χ3v) is 8.30. The summed E-state index contributed by atoms with van der Waals surface area (Å²) in [6.45, 7) is 5.81. The van der Waals surface area contributed by atoms with Crippen LogP contribution in [0.15, 0.2) is 30.3 Å². The fourth-order valence-corrected chi connectivity index (χ4v) is 6.05. The lowest BCUT2D eigenvalue weighted by atomic mass is 9.83. The summed E-state index contributed by atoms with van der Waals surface area (Å²) in [5.74, 6) is 0.957. The highest BCUT2D eigenvalue weighted by Crippen LogP contribution is 2.34. The number of fused-ring (bicyclic) bond motifs is 1. The molecule has 1 unspecified atom stereocenters. The lowest BCUT2D eigenvalue weighted by Crippen LogP contribution is -2.58. The van der Waals surface area contributed by atoms with Crippen molar-refractivity contribution in [1.82, 2.24) is 20.4 Å². The number of piperidine rings is 1. The van der Waals surface area contributed by atoms with Gasteiger partial charge in [-0.05, 0) is 70.0 Å². The monoisotopic (exact) mass is 454 g/mol. The molecule has 0 spiro atoms. The van der Waals surface area contributed by atoms with E-state index in [0.29, 0.717) is 5.92 Å². The molecule has 2 amide bonds. The number of nitrogens with one attached hydrogen (secondary N) is 2. The Morgan fingerprint density at radius 2 is 1.76 bits per heavy atom. The maximum absolute atomic E-state index is 13.9. The topological polar surface area (TPSA) is 64.7 Å². The fourth-order valence-electron chi connectivity index (χ4n) is 6.05. The first-order valence-electron chi connectivity index (χ1n) is 13.1. The fraction of sp³-hybridized carbons (Fsp3) is 0.704. The van der Waals surface area contributed by atoms with Crippen LogP contribution in [-0.2, 0) is 16.0 Å². The highest BCUT2D eigenvalue weighted by Gasteiger charge is 2.44. The molecular weight excluding hydrogens is 412 g/mol. The molecule has 0 aromatic heterocycles. The van der Waals surface area contributed by atoms with Gasteiger partial charge in [-0.3, -0.25) is 9.59 Å². The number of hydrogen-bond donors (Lipinski definition) is 2. The van der Waals surface area contributed by atoms with Crippen molar-refractivity contribution in [2.45, 2.75) is 76.4 Å². The molecule has 0 bridgehead atoms. The molecule has 6 heteroatoms. The predicted octanol–water partition coefficient (Wildman–Crippen LogP) is 2.82. The van der Waals surface area contributed by atoms with E-state index >= 15 is 0 Å². The van der Waals surface area contributed by atoms with Crippen molar-refractivity contribution in [2.24, 2.45) is 11.8 Å². The van der Waals surface area contributed by atoms with Crippen LogP contribution >= 0.6 is 0 Å². The molecule has 1 saturated carbocycles. The van der Waals surface area contributed by atoms with Gasteiger partial charge in [0.2, 0.25) is 11.8 Å². The zero-order valence-electron chi connectivity index (χ0n) is 20.5. The van der Waals surface area contributed by atoms with Gasteiger partial charge in [0, 0.05) is 25.7 Å². The van der Waals surface area contributed by atoms with Crippen LogP contribution in [-0.4, -0.2) is 73.0 Å². The SMILES string of the molecule is CN[C@@H](C)C(=O)N[C@H](C(=O)N1CC[C@H]2CCN(CCc3ccccc3)CC21)C1CCCCC1. The summed E-state index contributed by atoms with van der Waals surface area (Å²) in [6, 6.07) is 10.3. The van der Waals surface area contributed by atoms with Crippen LogP contribution in [0, 0.1) is 11.8 Å². The summed E-state index contributed by atoms with van der Waals surface area (Å²) in [6.07, 6.45) is 8.95. The zero-order valence-corrected chi connectivity index (χ0v) is 20.5. The van der Waals surface area contributed by atoms with Crippen LogP contribution in [0.25, 0.3) is 0 Å². The number of carbonyl (C=O) groups excluding carboxylic acids is 2. The molecule has 1 aromatic carbocycles. The van der Waals surface area contributed by atoms with Gasteiger partial charge in [0.25, 0.3) is 0 Å². The van der Waals surface area contributed by atoms with Gasteiger partial charge in [0.1, 0.15) is 6.04 Å². The van der Waals surface area contributed by atoms with Gasteiger partial charge >= 0.3 is 0 Å². The van der Waals surface area contributed by atoms with E-state index in [1.165, 1.54) is 18.4 Å². The van der Waals surface area contributed by atoms with Crippen molar-refractivity contribution in [2.75, 3.05) is 33.2 Å². The van der Waals surface area contributed by atoms with Crippen LogP contribution in [0.3, 0.4) is 0 Å². The maximum Gasteiger partial charge on any atom is 0.245 e. The quantitative estimate of drug-likeness (QED) is 0.634. The predicted molar refractivity (Wildman–Crippen MR) is 132 cm³/mol. The van der Waals surface area contributed by atoms with E-state index < -0.39 is 0 Å². The lowest BCUT2D eigenvalue weighted by molar-refractivity contribution is -0.140. The molecule has 2 N–H and O–H groups in total. The molecule has 4 rings (SSSR count). The van der Waals surface area contributed by atoms with E-state index in [9.17, 15) is 9.59 Å². The van der Waals surface area contributed by atoms with Crippen molar-refractivity contribution in [3.05, 3.63) is 35.9 Å². The van der Waals surface area contributed by atoms with E-state index in [1.54, 1.807) is 7.05 Å². The first-order chi connectivity index (χ1) is 16.1. The Balaban J connectivity index is 1.42. The smallest absolute Gasteiger partial charge is 0.245 e. The number of amides is 2. The first kappa shape index (κ1) is 24.2. The highest BCUT2D eigenvalue weighted by molar-refractivity contribution is 5.90. The van der Waals surface area contributed by atoms with Gasteiger partial charge in [0.05, 0.1) is 6.04 Å². The molecule has 6 nitrogen and oxygen atoms in total. The van der Waals surface area contributed by atoms with Crippen LogP contribution < -0.4 is 10.6 Å². The number of rotatable bonds is 8. The van der Waals surface area contributed by atoms with Gasteiger partial charge in [-0.1, -0.05) is 49.6 Å². The van der Waals surface area contributed by atoms with E-state index in [0.717, 1.165) is 64.7 Å². The first-order valence-corrected chi connectivity index (χ1v) is 13.1. The van der Waals surface area contributed by atoms with Gasteiger partial charge in [-0.15, -0.1) is 0 Å². The second kappa shape index (κ2) is 11.5. The Bertz CT molecular complexity index is 780. The average molecular weight is 455 g/mol. The normalized spacial score (nSPS) is 25.9. The maximum atomic E-state index is 13.9. The minimum absolute atomic E-state index is 0.0645. The van der Waals surface area contributed by atoms with Crippen molar-refractivity contribution in [3.8, 4) is 0 Å². The molecule has 33 heavy (non-hydrogen) atoms. The molecule has 0 radical (unpaired) electrons. The molecule has 1 aliphatic carbocycles. The number of likely N-dealkylation sites (N-methyl/N-ethyl adjacent to an activating group) is 1. The number of nitrogens with zero attached hydrogens (tertiary/aromatic N) is 2. The van der Waals surface area contributed by atoms with E-state index in [4.69, 9.17) is 0 Å². The Hall–Kier alpha value is -1.92. The third kappa shape index (κ3) is 5.96. The van der Waals surface area contributed by atoms with Crippen LogP contribution in [0.2, 0.25) is 0 Å². The Morgan fingerprint density at radius 1 is 1.03 bits per heavy atom. The van der Waals surface area contributed by atoms with E-state index in [-0.39, 0.29) is 35.9 Å². The van der Waals surface area contributed by atoms with E-state index in [1.807, 2.05) is 6.92 Å². The minimum atomic E-state index is -0.382. The minimum Gasteiger partial charge on any atom is -0.343 e.